The normalized spacial score (nSPS) is 15.2. The monoisotopic (exact) mass is 417 g/mol. The van der Waals surface area contributed by atoms with Crippen LogP contribution in [0.1, 0.15) is 42.5 Å². The number of amides is 1. The van der Waals surface area contributed by atoms with Gasteiger partial charge in [-0.25, -0.2) is 8.42 Å². The van der Waals surface area contributed by atoms with Crippen LogP contribution in [0.2, 0.25) is 0 Å². The van der Waals surface area contributed by atoms with E-state index in [2.05, 4.69) is 5.32 Å². The highest BCUT2D eigenvalue weighted by Gasteiger charge is 2.29. The Morgan fingerprint density at radius 1 is 1.07 bits per heavy atom. The van der Waals surface area contributed by atoms with Gasteiger partial charge in [0, 0.05) is 24.8 Å². The lowest BCUT2D eigenvalue weighted by Gasteiger charge is -2.30. The van der Waals surface area contributed by atoms with E-state index in [-0.39, 0.29) is 22.2 Å². The Balaban J connectivity index is 1.75. The fourth-order valence-corrected chi connectivity index (χ4v) is 4.96. The smallest absolute Gasteiger partial charge is 0.282 e. The number of anilines is 1. The molecule has 2 aromatic carbocycles. The summed E-state index contributed by atoms with van der Waals surface area (Å²) in [5, 5.41) is 13.7. The molecule has 0 spiro atoms. The van der Waals surface area contributed by atoms with E-state index < -0.39 is 20.9 Å². The van der Waals surface area contributed by atoms with Crippen molar-refractivity contribution in [2.24, 2.45) is 0 Å². The molecule has 0 bridgehead atoms. The van der Waals surface area contributed by atoms with Gasteiger partial charge in [0.05, 0.1) is 9.82 Å². The van der Waals surface area contributed by atoms with Gasteiger partial charge in [0.2, 0.25) is 10.0 Å². The average Bonchev–Trinajstić information content (AvgIpc) is 2.74. The van der Waals surface area contributed by atoms with E-state index in [4.69, 9.17) is 0 Å². The average molecular weight is 417 g/mol. The van der Waals surface area contributed by atoms with E-state index in [1.165, 1.54) is 46.8 Å². The van der Waals surface area contributed by atoms with Crippen molar-refractivity contribution < 1.29 is 18.1 Å². The first-order chi connectivity index (χ1) is 13.8. The number of hydrogen-bond donors (Lipinski definition) is 1. The SMILES string of the molecule is CN(C1CCCCC1)S(=O)(=O)c1ccc(NC(=O)c2ccccc2[N+](=O)[O-])cc1. The van der Waals surface area contributed by atoms with Crippen LogP contribution >= 0.6 is 0 Å². The molecule has 0 unspecified atom stereocenters. The van der Waals surface area contributed by atoms with Crippen molar-refractivity contribution >= 4 is 27.3 Å². The molecular formula is C20H23N3O5S. The minimum absolute atomic E-state index is 0.00626. The Hall–Kier alpha value is -2.78. The first-order valence-electron chi connectivity index (χ1n) is 9.43. The lowest BCUT2D eigenvalue weighted by molar-refractivity contribution is -0.385. The van der Waals surface area contributed by atoms with Gasteiger partial charge in [-0.1, -0.05) is 31.4 Å². The number of carbonyl (C=O) groups is 1. The van der Waals surface area contributed by atoms with Crippen LogP contribution in [0, 0.1) is 10.1 Å². The standard InChI is InChI=1S/C20H23N3O5S/c1-22(16-7-3-2-4-8-16)29(27,28)17-13-11-15(12-14-17)21-20(24)18-9-5-6-10-19(18)23(25)26/h5-6,9-14,16H,2-4,7-8H2,1H3,(H,21,24). The summed E-state index contributed by atoms with van der Waals surface area (Å²) in [4.78, 5) is 23.0. The maximum Gasteiger partial charge on any atom is 0.282 e. The number of rotatable bonds is 6. The molecule has 3 rings (SSSR count). The highest BCUT2D eigenvalue weighted by Crippen LogP contribution is 2.27. The molecule has 0 heterocycles. The fraction of sp³-hybridized carbons (Fsp3) is 0.350. The minimum atomic E-state index is -3.62. The Morgan fingerprint density at radius 2 is 1.69 bits per heavy atom. The van der Waals surface area contributed by atoms with Gasteiger partial charge in [-0.05, 0) is 43.2 Å². The Bertz CT molecular complexity index is 999. The molecule has 8 nitrogen and oxygen atoms in total. The number of benzene rings is 2. The van der Waals surface area contributed by atoms with Crippen molar-refractivity contribution in [3.8, 4) is 0 Å². The van der Waals surface area contributed by atoms with Gasteiger partial charge >= 0.3 is 0 Å². The fourth-order valence-electron chi connectivity index (χ4n) is 3.54. The first kappa shape index (κ1) is 20.9. The van der Waals surface area contributed by atoms with Crippen molar-refractivity contribution in [3.63, 3.8) is 0 Å². The summed E-state index contributed by atoms with van der Waals surface area (Å²) in [5.74, 6) is -0.632. The van der Waals surface area contributed by atoms with Crippen molar-refractivity contribution in [2.75, 3.05) is 12.4 Å². The summed E-state index contributed by atoms with van der Waals surface area (Å²) in [5.41, 5.74) is -0.00282. The molecule has 1 N–H and O–H groups in total. The summed E-state index contributed by atoms with van der Waals surface area (Å²) in [6.45, 7) is 0. The molecule has 2 aromatic rings. The zero-order valence-corrected chi connectivity index (χ0v) is 16.9. The summed E-state index contributed by atoms with van der Waals surface area (Å²) in [6, 6.07) is 11.5. The lowest BCUT2D eigenvalue weighted by Crippen LogP contribution is -2.38. The number of nitrogens with one attached hydrogen (secondary N) is 1. The van der Waals surface area contributed by atoms with Crippen LogP contribution in [-0.2, 0) is 10.0 Å². The maximum absolute atomic E-state index is 12.9. The number of nitro groups is 1. The Labute approximate surface area is 169 Å². The molecular weight excluding hydrogens is 394 g/mol. The Morgan fingerprint density at radius 3 is 2.31 bits per heavy atom. The van der Waals surface area contributed by atoms with Crippen LogP contribution in [0.15, 0.2) is 53.4 Å². The van der Waals surface area contributed by atoms with Gasteiger partial charge < -0.3 is 5.32 Å². The Kier molecular flexibility index (Phi) is 6.29. The summed E-state index contributed by atoms with van der Waals surface area (Å²) in [7, 11) is -2.02. The van der Waals surface area contributed by atoms with Crippen molar-refractivity contribution in [1.82, 2.24) is 4.31 Å². The molecule has 0 atom stereocenters. The van der Waals surface area contributed by atoms with E-state index in [0.29, 0.717) is 5.69 Å². The molecule has 154 valence electrons. The third-order valence-corrected chi connectivity index (χ3v) is 7.15. The zero-order valence-electron chi connectivity index (χ0n) is 16.1. The summed E-state index contributed by atoms with van der Waals surface area (Å²) < 4.78 is 27.2. The van der Waals surface area contributed by atoms with Crippen molar-refractivity contribution in [2.45, 2.75) is 43.0 Å². The van der Waals surface area contributed by atoms with Crippen LogP contribution < -0.4 is 5.32 Å². The third kappa shape index (κ3) is 4.63. The van der Waals surface area contributed by atoms with E-state index in [9.17, 15) is 23.3 Å². The van der Waals surface area contributed by atoms with Crippen LogP contribution in [0.5, 0.6) is 0 Å². The molecule has 29 heavy (non-hydrogen) atoms. The van der Waals surface area contributed by atoms with E-state index in [1.807, 2.05) is 0 Å². The molecule has 1 fully saturated rings. The van der Waals surface area contributed by atoms with Gasteiger partial charge in [-0.2, -0.15) is 4.31 Å². The zero-order chi connectivity index (χ0) is 21.0. The van der Waals surface area contributed by atoms with Gasteiger partial charge in [0.1, 0.15) is 5.56 Å². The number of para-hydroxylation sites is 1. The van der Waals surface area contributed by atoms with E-state index >= 15 is 0 Å². The lowest BCUT2D eigenvalue weighted by atomic mass is 9.96. The number of carbonyl (C=O) groups excluding carboxylic acids is 1. The molecule has 1 aliphatic carbocycles. The van der Waals surface area contributed by atoms with E-state index in [1.54, 1.807) is 13.1 Å². The molecule has 1 aliphatic rings. The van der Waals surface area contributed by atoms with Crippen LogP contribution in [-0.4, -0.2) is 36.6 Å². The first-order valence-corrected chi connectivity index (χ1v) is 10.9. The largest absolute Gasteiger partial charge is 0.322 e. The van der Waals surface area contributed by atoms with Crippen LogP contribution in [0.25, 0.3) is 0 Å². The maximum atomic E-state index is 12.9. The van der Waals surface area contributed by atoms with Gasteiger partial charge in [0.15, 0.2) is 0 Å². The second-order valence-electron chi connectivity index (χ2n) is 7.07. The minimum Gasteiger partial charge on any atom is -0.322 e. The quantitative estimate of drug-likeness (QED) is 0.568. The molecule has 0 aliphatic heterocycles. The second-order valence-corrected chi connectivity index (χ2v) is 9.06. The summed E-state index contributed by atoms with van der Waals surface area (Å²) >= 11 is 0. The van der Waals surface area contributed by atoms with Crippen LogP contribution in [0.3, 0.4) is 0 Å². The van der Waals surface area contributed by atoms with Crippen molar-refractivity contribution in [3.05, 3.63) is 64.2 Å². The van der Waals surface area contributed by atoms with Gasteiger partial charge in [-0.3, -0.25) is 14.9 Å². The molecule has 0 aromatic heterocycles. The number of hydrogen-bond acceptors (Lipinski definition) is 5. The predicted octanol–water partition coefficient (Wildman–Crippen LogP) is 3.80. The molecule has 1 saturated carbocycles. The predicted molar refractivity (Wildman–Crippen MR) is 109 cm³/mol. The topological polar surface area (TPSA) is 110 Å². The number of nitro benzene ring substituents is 1. The van der Waals surface area contributed by atoms with Crippen LogP contribution in [0.4, 0.5) is 11.4 Å². The van der Waals surface area contributed by atoms with E-state index in [0.717, 1.165) is 32.1 Å². The number of sulfonamides is 1. The molecule has 0 radical (unpaired) electrons. The summed E-state index contributed by atoms with van der Waals surface area (Å²) in [6.07, 6.45) is 4.92. The molecule has 0 saturated heterocycles. The van der Waals surface area contributed by atoms with Gasteiger partial charge in [-0.15, -0.1) is 0 Å². The molecule has 9 heteroatoms. The van der Waals surface area contributed by atoms with Gasteiger partial charge in [0.25, 0.3) is 11.6 Å². The second kappa shape index (κ2) is 8.71. The highest BCUT2D eigenvalue weighted by molar-refractivity contribution is 7.89. The molecule has 1 amide bonds. The van der Waals surface area contributed by atoms with Crippen molar-refractivity contribution in [1.29, 1.82) is 0 Å². The number of nitrogens with zero attached hydrogens (tertiary/aromatic N) is 2. The third-order valence-electron chi connectivity index (χ3n) is 5.22. The highest BCUT2D eigenvalue weighted by atomic mass is 32.2.